The lowest BCUT2D eigenvalue weighted by atomic mass is 9.89. The number of carbonyl (C=O) groups is 1. The first-order valence-corrected chi connectivity index (χ1v) is 5.29. The molecule has 84 valence electrons. The van der Waals surface area contributed by atoms with Gasteiger partial charge in [-0.1, -0.05) is 48.5 Å². The predicted molar refractivity (Wildman–Crippen MR) is 60.4 cm³/mol. The molecule has 2 aromatic carbocycles. The summed E-state index contributed by atoms with van der Waals surface area (Å²) < 4.78 is 19.9. The zero-order valence-corrected chi connectivity index (χ0v) is 8.89. The summed E-state index contributed by atoms with van der Waals surface area (Å²) in [4.78, 5) is 11.8. The Bertz CT molecular complexity index is 580. The predicted octanol–water partition coefficient (Wildman–Crippen LogP) is 2.82. The maximum Gasteiger partial charge on any atom is 0.358 e. The van der Waals surface area contributed by atoms with Crippen LogP contribution in [0.1, 0.15) is 11.1 Å². The van der Waals surface area contributed by atoms with Gasteiger partial charge in [0.2, 0.25) is 0 Å². The van der Waals surface area contributed by atoms with E-state index in [9.17, 15) is 9.18 Å². The van der Waals surface area contributed by atoms with Gasteiger partial charge in [0.15, 0.2) is 0 Å². The average molecular weight is 228 g/mol. The van der Waals surface area contributed by atoms with E-state index in [2.05, 4.69) is 0 Å². The number of ether oxygens (including phenoxy) is 1. The van der Waals surface area contributed by atoms with E-state index >= 15 is 0 Å². The van der Waals surface area contributed by atoms with E-state index in [1.54, 1.807) is 54.6 Å². The Kier molecular flexibility index (Phi) is 2.01. The van der Waals surface area contributed by atoms with Crippen LogP contribution in [-0.2, 0) is 10.5 Å². The number of carbonyl (C=O) groups excluding carboxylic acids is 1. The molecule has 1 aliphatic rings. The van der Waals surface area contributed by atoms with Crippen LogP contribution in [0.15, 0.2) is 54.6 Å². The summed E-state index contributed by atoms with van der Waals surface area (Å²) in [5.74, 6) is -0.575. The normalized spacial score (nSPS) is 22.1. The lowest BCUT2D eigenvalue weighted by Gasteiger charge is -2.16. The summed E-state index contributed by atoms with van der Waals surface area (Å²) in [7, 11) is 0. The van der Waals surface area contributed by atoms with Gasteiger partial charge in [-0.2, -0.15) is 0 Å². The summed E-state index contributed by atoms with van der Waals surface area (Å²) in [5.41, 5.74) is -1.61. The van der Waals surface area contributed by atoms with Crippen LogP contribution in [0.4, 0.5) is 4.39 Å². The Morgan fingerprint density at radius 3 is 2.35 bits per heavy atom. The van der Waals surface area contributed by atoms with Gasteiger partial charge in [-0.15, -0.1) is 0 Å². The number of esters is 1. The average Bonchev–Trinajstić information content (AvgIpc) is 2.64. The maximum absolute atomic E-state index is 15.0. The fourth-order valence-corrected chi connectivity index (χ4v) is 2.06. The van der Waals surface area contributed by atoms with Gasteiger partial charge in [0.1, 0.15) is 5.75 Å². The number of hydrogen-bond acceptors (Lipinski definition) is 2. The van der Waals surface area contributed by atoms with Crippen LogP contribution in [0.3, 0.4) is 0 Å². The first-order valence-electron chi connectivity index (χ1n) is 5.29. The van der Waals surface area contributed by atoms with Crippen molar-refractivity contribution in [1.29, 1.82) is 0 Å². The topological polar surface area (TPSA) is 26.3 Å². The number of benzene rings is 2. The lowest BCUT2D eigenvalue weighted by molar-refractivity contribution is -0.142. The SMILES string of the molecule is O=C1Oc2ccccc2[C@]1(F)c1ccccc1. The molecule has 2 nitrogen and oxygen atoms in total. The molecule has 1 aliphatic heterocycles. The molecule has 17 heavy (non-hydrogen) atoms. The van der Waals surface area contributed by atoms with Crippen LogP contribution in [0.2, 0.25) is 0 Å². The molecule has 0 radical (unpaired) electrons. The Labute approximate surface area is 97.7 Å². The van der Waals surface area contributed by atoms with Gasteiger partial charge in [-0.25, -0.2) is 9.18 Å². The van der Waals surface area contributed by atoms with E-state index in [1.807, 2.05) is 0 Å². The third kappa shape index (κ3) is 1.29. The van der Waals surface area contributed by atoms with Crippen LogP contribution in [-0.4, -0.2) is 5.97 Å². The highest BCUT2D eigenvalue weighted by Gasteiger charge is 2.51. The smallest absolute Gasteiger partial charge is 0.358 e. The molecule has 0 N–H and O–H groups in total. The van der Waals surface area contributed by atoms with Crippen molar-refractivity contribution in [1.82, 2.24) is 0 Å². The molecule has 0 fully saturated rings. The Morgan fingerprint density at radius 1 is 0.941 bits per heavy atom. The van der Waals surface area contributed by atoms with E-state index in [1.165, 1.54) is 0 Å². The number of para-hydroxylation sites is 1. The minimum absolute atomic E-state index is 0.274. The van der Waals surface area contributed by atoms with Gasteiger partial charge in [0.05, 0.1) is 0 Å². The van der Waals surface area contributed by atoms with Crippen molar-refractivity contribution in [3.63, 3.8) is 0 Å². The van der Waals surface area contributed by atoms with Crippen LogP contribution in [0.25, 0.3) is 0 Å². The van der Waals surface area contributed by atoms with E-state index in [0.29, 0.717) is 11.3 Å². The van der Waals surface area contributed by atoms with Crippen molar-refractivity contribution in [2.24, 2.45) is 0 Å². The zero-order chi connectivity index (χ0) is 11.9. The standard InChI is InChI=1S/C14H9FO2/c15-14(10-6-2-1-3-7-10)11-8-4-5-9-12(11)17-13(14)16/h1-9H/t14-/m1/s1. The quantitative estimate of drug-likeness (QED) is 0.554. The molecule has 3 heteroatoms. The fourth-order valence-electron chi connectivity index (χ4n) is 2.06. The van der Waals surface area contributed by atoms with Gasteiger partial charge < -0.3 is 4.74 Å². The van der Waals surface area contributed by atoms with Crippen LogP contribution >= 0.6 is 0 Å². The molecule has 0 spiro atoms. The second kappa shape index (κ2) is 3.42. The minimum Gasteiger partial charge on any atom is -0.423 e. The molecular weight excluding hydrogens is 219 g/mol. The maximum atomic E-state index is 15.0. The van der Waals surface area contributed by atoms with Crippen molar-refractivity contribution in [3.8, 4) is 5.75 Å². The van der Waals surface area contributed by atoms with Gasteiger partial charge in [-0.05, 0) is 6.07 Å². The molecule has 1 heterocycles. The summed E-state index contributed by atoms with van der Waals surface area (Å²) in [6, 6.07) is 14.9. The van der Waals surface area contributed by atoms with Crippen molar-refractivity contribution < 1.29 is 13.9 Å². The van der Waals surface area contributed by atoms with Gasteiger partial charge >= 0.3 is 5.97 Å². The highest BCUT2D eigenvalue weighted by atomic mass is 19.1. The number of hydrogen-bond donors (Lipinski definition) is 0. The first-order chi connectivity index (χ1) is 8.23. The van der Waals surface area contributed by atoms with E-state index in [0.717, 1.165) is 0 Å². The minimum atomic E-state index is -2.18. The molecule has 2 aromatic rings. The Balaban J connectivity index is 2.24. The fraction of sp³-hybridized carbons (Fsp3) is 0.0714. The van der Waals surface area contributed by atoms with Crippen molar-refractivity contribution in [3.05, 3.63) is 65.7 Å². The number of alkyl halides is 1. The highest BCUT2D eigenvalue weighted by Crippen LogP contribution is 2.45. The molecule has 0 amide bonds. The molecule has 1 atom stereocenters. The second-order valence-corrected chi connectivity index (χ2v) is 3.91. The van der Waals surface area contributed by atoms with Gasteiger partial charge in [0, 0.05) is 11.1 Å². The van der Waals surface area contributed by atoms with E-state index < -0.39 is 11.6 Å². The number of rotatable bonds is 1. The molecule has 0 saturated heterocycles. The molecule has 0 bridgehead atoms. The van der Waals surface area contributed by atoms with Gasteiger partial charge in [-0.3, -0.25) is 0 Å². The highest BCUT2D eigenvalue weighted by molar-refractivity contribution is 5.92. The van der Waals surface area contributed by atoms with Crippen LogP contribution < -0.4 is 4.74 Å². The van der Waals surface area contributed by atoms with Gasteiger partial charge in [0.25, 0.3) is 5.67 Å². The van der Waals surface area contributed by atoms with E-state index in [4.69, 9.17) is 4.74 Å². The molecule has 0 saturated carbocycles. The van der Waals surface area contributed by atoms with Crippen LogP contribution in [0, 0.1) is 0 Å². The third-order valence-corrected chi connectivity index (χ3v) is 2.91. The molecule has 0 aromatic heterocycles. The molecule has 3 rings (SSSR count). The Hall–Kier alpha value is -2.16. The molecule has 0 aliphatic carbocycles. The summed E-state index contributed by atoms with van der Waals surface area (Å²) >= 11 is 0. The monoisotopic (exact) mass is 228 g/mol. The first kappa shape index (κ1) is 10.0. The second-order valence-electron chi connectivity index (χ2n) is 3.91. The van der Waals surface area contributed by atoms with Crippen molar-refractivity contribution in [2.75, 3.05) is 0 Å². The largest absolute Gasteiger partial charge is 0.423 e. The number of halogens is 1. The summed E-state index contributed by atoms with van der Waals surface area (Å²) in [6.07, 6.45) is 0. The molecular formula is C14H9FO2. The van der Waals surface area contributed by atoms with E-state index in [-0.39, 0.29) is 5.56 Å². The summed E-state index contributed by atoms with van der Waals surface area (Å²) in [6.45, 7) is 0. The molecule has 0 unspecified atom stereocenters. The van der Waals surface area contributed by atoms with Crippen LogP contribution in [0.5, 0.6) is 5.75 Å². The Morgan fingerprint density at radius 2 is 1.59 bits per heavy atom. The lowest BCUT2D eigenvalue weighted by Crippen LogP contribution is -2.29. The van der Waals surface area contributed by atoms with Crippen molar-refractivity contribution >= 4 is 5.97 Å². The summed E-state index contributed by atoms with van der Waals surface area (Å²) in [5, 5.41) is 0. The number of fused-ring (bicyclic) bond motifs is 1. The zero-order valence-electron chi connectivity index (χ0n) is 8.89. The third-order valence-electron chi connectivity index (χ3n) is 2.91. The van der Waals surface area contributed by atoms with Crippen molar-refractivity contribution in [2.45, 2.75) is 5.67 Å².